The van der Waals surface area contributed by atoms with Crippen molar-refractivity contribution in [2.24, 2.45) is 0 Å². The number of aromatic nitrogens is 1. The van der Waals surface area contributed by atoms with Crippen LogP contribution in [0.25, 0.3) is 0 Å². The standard InChI is InChI=1S/C14H16N2/c1-11-4-3-5-13(8-11)9-16-14-10-15-7-6-12(14)2/h3-8,10,16H,9H2,1-2H3. The third-order valence-electron chi connectivity index (χ3n) is 2.60. The normalized spacial score (nSPS) is 10.1. The van der Waals surface area contributed by atoms with Crippen molar-refractivity contribution in [1.82, 2.24) is 4.98 Å². The summed E-state index contributed by atoms with van der Waals surface area (Å²) < 4.78 is 0. The highest BCUT2D eigenvalue weighted by Crippen LogP contribution is 2.13. The Balaban J connectivity index is 2.05. The first-order valence-corrected chi connectivity index (χ1v) is 5.46. The van der Waals surface area contributed by atoms with E-state index in [2.05, 4.69) is 48.4 Å². The van der Waals surface area contributed by atoms with Crippen molar-refractivity contribution in [3.8, 4) is 0 Å². The molecule has 0 unspecified atom stereocenters. The second-order valence-electron chi connectivity index (χ2n) is 4.03. The van der Waals surface area contributed by atoms with Crippen LogP contribution in [0.4, 0.5) is 5.69 Å². The van der Waals surface area contributed by atoms with E-state index in [4.69, 9.17) is 0 Å². The summed E-state index contributed by atoms with van der Waals surface area (Å²) in [5.41, 5.74) is 4.91. The molecule has 2 heteroatoms. The van der Waals surface area contributed by atoms with Crippen LogP contribution in [0.1, 0.15) is 16.7 Å². The Morgan fingerprint density at radius 1 is 1.19 bits per heavy atom. The van der Waals surface area contributed by atoms with Gasteiger partial charge >= 0.3 is 0 Å². The number of benzene rings is 1. The van der Waals surface area contributed by atoms with Crippen LogP contribution in [0.5, 0.6) is 0 Å². The first-order valence-electron chi connectivity index (χ1n) is 5.46. The lowest BCUT2D eigenvalue weighted by atomic mass is 10.1. The highest BCUT2D eigenvalue weighted by Gasteiger charge is 1.97. The van der Waals surface area contributed by atoms with E-state index in [-0.39, 0.29) is 0 Å². The third kappa shape index (κ3) is 2.60. The van der Waals surface area contributed by atoms with Crippen LogP contribution in [0.3, 0.4) is 0 Å². The molecule has 0 amide bonds. The SMILES string of the molecule is Cc1cccc(CNc2cnccc2C)c1. The van der Waals surface area contributed by atoms with Crippen LogP contribution >= 0.6 is 0 Å². The van der Waals surface area contributed by atoms with Crippen LogP contribution in [0, 0.1) is 13.8 Å². The lowest BCUT2D eigenvalue weighted by Crippen LogP contribution is -2.01. The molecule has 0 aliphatic carbocycles. The topological polar surface area (TPSA) is 24.9 Å². The fraction of sp³-hybridized carbons (Fsp3) is 0.214. The fourth-order valence-electron chi connectivity index (χ4n) is 1.67. The van der Waals surface area contributed by atoms with Crippen molar-refractivity contribution in [2.45, 2.75) is 20.4 Å². The van der Waals surface area contributed by atoms with Crippen molar-refractivity contribution in [1.29, 1.82) is 0 Å². The molecule has 0 saturated carbocycles. The molecule has 2 nitrogen and oxygen atoms in total. The average Bonchev–Trinajstić information content (AvgIpc) is 2.28. The van der Waals surface area contributed by atoms with Gasteiger partial charge in [0.2, 0.25) is 0 Å². The molecule has 0 fully saturated rings. The number of nitrogens with one attached hydrogen (secondary N) is 1. The molecule has 82 valence electrons. The van der Waals surface area contributed by atoms with Gasteiger partial charge in [0.05, 0.1) is 11.9 Å². The Hall–Kier alpha value is -1.83. The number of pyridine rings is 1. The van der Waals surface area contributed by atoms with E-state index in [1.54, 1.807) is 0 Å². The second kappa shape index (κ2) is 4.79. The van der Waals surface area contributed by atoms with E-state index in [1.807, 2.05) is 18.5 Å². The number of nitrogens with zero attached hydrogens (tertiary/aromatic N) is 1. The summed E-state index contributed by atoms with van der Waals surface area (Å²) in [5.74, 6) is 0. The molecule has 1 N–H and O–H groups in total. The number of rotatable bonds is 3. The van der Waals surface area contributed by atoms with Crippen LogP contribution in [-0.4, -0.2) is 4.98 Å². The fourth-order valence-corrected chi connectivity index (χ4v) is 1.67. The van der Waals surface area contributed by atoms with E-state index < -0.39 is 0 Å². The zero-order valence-corrected chi connectivity index (χ0v) is 9.70. The van der Waals surface area contributed by atoms with Crippen LogP contribution < -0.4 is 5.32 Å². The van der Waals surface area contributed by atoms with Crippen LogP contribution in [0.15, 0.2) is 42.7 Å². The summed E-state index contributed by atoms with van der Waals surface area (Å²) in [4.78, 5) is 4.11. The Kier molecular flexibility index (Phi) is 3.20. The van der Waals surface area contributed by atoms with Crippen molar-refractivity contribution in [2.75, 3.05) is 5.32 Å². The first kappa shape index (κ1) is 10.7. The Morgan fingerprint density at radius 2 is 2.06 bits per heavy atom. The molecule has 1 heterocycles. The summed E-state index contributed by atoms with van der Waals surface area (Å²) in [6.07, 6.45) is 3.68. The minimum absolute atomic E-state index is 0.841. The van der Waals surface area contributed by atoms with Gasteiger partial charge in [0, 0.05) is 12.7 Å². The van der Waals surface area contributed by atoms with Crippen molar-refractivity contribution in [3.05, 3.63) is 59.4 Å². The lowest BCUT2D eigenvalue weighted by Gasteiger charge is -2.09. The molecular formula is C14H16N2. The summed E-state index contributed by atoms with van der Waals surface area (Å²) in [6.45, 7) is 5.04. The van der Waals surface area contributed by atoms with Crippen LogP contribution in [0.2, 0.25) is 0 Å². The predicted molar refractivity (Wildman–Crippen MR) is 67.5 cm³/mol. The quantitative estimate of drug-likeness (QED) is 0.844. The third-order valence-corrected chi connectivity index (χ3v) is 2.60. The molecule has 16 heavy (non-hydrogen) atoms. The molecule has 2 rings (SSSR count). The number of hydrogen-bond acceptors (Lipinski definition) is 2. The number of aryl methyl sites for hydroxylation is 2. The van der Waals surface area contributed by atoms with Crippen molar-refractivity contribution in [3.63, 3.8) is 0 Å². The Morgan fingerprint density at radius 3 is 2.81 bits per heavy atom. The highest BCUT2D eigenvalue weighted by molar-refractivity contribution is 5.48. The van der Waals surface area contributed by atoms with E-state index >= 15 is 0 Å². The largest absolute Gasteiger partial charge is 0.380 e. The predicted octanol–water partition coefficient (Wildman–Crippen LogP) is 3.31. The average molecular weight is 212 g/mol. The van der Waals surface area contributed by atoms with Gasteiger partial charge in [-0.05, 0) is 31.0 Å². The maximum atomic E-state index is 4.11. The van der Waals surface area contributed by atoms with Gasteiger partial charge in [-0.2, -0.15) is 0 Å². The molecule has 1 aromatic carbocycles. The van der Waals surface area contributed by atoms with E-state index in [0.717, 1.165) is 12.2 Å². The molecule has 1 aromatic heterocycles. The number of anilines is 1. The molecule has 2 aromatic rings. The van der Waals surface area contributed by atoms with E-state index in [1.165, 1.54) is 16.7 Å². The van der Waals surface area contributed by atoms with Gasteiger partial charge in [0.15, 0.2) is 0 Å². The summed E-state index contributed by atoms with van der Waals surface area (Å²) in [5, 5.41) is 3.39. The molecular weight excluding hydrogens is 196 g/mol. The van der Waals surface area contributed by atoms with Gasteiger partial charge in [-0.1, -0.05) is 29.8 Å². The summed E-state index contributed by atoms with van der Waals surface area (Å²) in [7, 11) is 0. The van der Waals surface area contributed by atoms with Gasteiger partial charge in [-0.3, -0.25) is 4.98 Å². The van der Waals surface area contributed by atoms with Crippen LogP contribution in [-0.2, 0) is 6.54 Å². The molecule has 0 spiro atoms. The van der Waals surface area contributed by atoms with Gasteiger partial charge < -0.3 is 5.32 Å². The van der Waals surface area contributed by atoms with Crippen molar-refractivity contribution < 1.29 is 0 Å². The molecule has 0 atom stereocenters. The Bertz CT molecular complexity index is 478. The van der Waals surface area contributed by atoms with Gasteiger partial charge in [0.1, 0.15) is 0 Å². The summed E-state index contributed by atoms with van der Waals surface area (Å²) >= 11 is 0. The molecule has 0 bridgehead atoms. The highest BCUT2D eigenvalue weighted by atomic mass is 14.9. The Labute approximate surface area is 96.4 Å². The second-order valence-corrected chi connectivity index (χ2v) is 4.03. The summed E-state index contributed by atoms with van der Waals surface area (Å²) in [6, 6.07) is 10.5. The zero-order valence-electron chi connectivity index (χ0n) is 9.70. The minimum Gasteiger partial charge on any atom is -0.380 e. The first-order chi connectivity index (χ1) is 7.75. The number of hydrogen-bond donors (Lipinski definition) is 1. The molecule has 0 radical (unpaired) electrons. The maximum Gasteiger partial charge on any atom is 0.0559 e. The molecule has 0 aliphatic heterocycles. The minimum atomic E-state index is 0.841. The lowest BCUT2D eigenvalue weighted by molar-refractivity contribution is 1.12. The molecule has 0 saturated heterocycles. The van der Waals surface area contributed by atoms with E-state index in [0.29, 0.717) is 0 Å². The van der Waals surface area contributed by atoms with E-state index in [9.17, 15) is 0 Å². The smallest absolute Gasteiger partial charge is 0.0559 e. The van der Waals surface area contributed by atoms with Gasteiger partial charge in [-0.25, -0.2) is 0 Å². The van der Waals surface area contributed by atoms with Crippen molar-refractivity contribution >= 4 is 5.69 Å². The zero-order chi connectivity index (χ0) is 11.4. The van der Waals surface area contributed by atoms with Gasteiger partial charge in [-0.15, -0.1) is 0 Å². The monoisotopic (exact) mass is 212 g/mol. The van der Waals surface area contributed by atoms with Gasteiger partial charge in [0.25, 0.3) is 0 Å². The maximum absolute atomic E-state index is 4.11. The molecule has 0 aliphatic rings.